The van der Waals surface area contributed by atoms with E-state index in [0.29, 0.717) is 11.5 Å². The molecule has 2 amide bonds. The van der Waals surface area contributed by atoms with E-state index in [9.17, 15) is 19.2 Å². The lowest BCUT2D eigenvalue weighted by molar-refractivity contribution is -0.359. The quantitative estimate of drug-likeness (QED) is 0.0472. The zero-order valence-corrected chi connectivity index (χ0v) is 41.8. The van der Waals surface area contributed by atoms with E-state index in [1.54, 1.807) is 55.6 Å². The summed E-state index contributed by atoms with van der Waals surface area (Å²) in [5.74, 6) is -1.57. The van der Waals surface area contributed by atoms with E-state index >= 15 is 0 Å². The maximum atomic E-state index is 14.8. The van der Waals surface area contributed by atoms with Crippen LogP contribution in [0.5, 0.6) is 11.5 Å². The Bertz CT molecular complexity index is 2770. The molecule has 390 valence electrons. The first kappa shape index (κ1) is 52.6. The summed E-state index contributed by atoms with van der Waals surface area (Å²) < 4.78 is 72.0. The summed E-state index contributed by atoms with van der Waals surface area (Å²) in [4.78, 5) is 56.6. The van der Waals surface area contributed by atoms with Gasteiger partial charge in [-0.1, -0.05) is 133 Å². The number of benzene rings is 6. The second-order valence-electron chi connectivity index (χ2n) is 18.2. The van der Waals surface area contributed by atoms with Crippen LogP contribution in [0.15, 0.2) is 170 Å². The first-order chi connectivity index (χ1) is 36.6. The minimum atomic E-state index is -1.48. The molecule has 75 heavy (non-hydrogen) atoms. The van der Waals surface area contributed by atoms with Gasteiger partial charge in [-0.2, -0.15) is 0 Å². The fourth-order valence-electron chi connectivity index (χ4n) is 9.36. The molecule has 0 aromatic heterocycles. The number of imide groups is 1. The molecule has 0 unspecified atom stereocenters. The van der Waals surface area contributed by atoms with Crippen LogP contribution in [0.4, 0.5) is 0 Å². The smallest absolute Gasteiger partial charge is 0.303 e. The van der Waals surface area contributed by atoms with Gasteiger partial charge in [-0.05, 0) is 58.7 Å². The number of carbonyl (C=O) groups is 4. The second kappa shape index (κ2) is 25.3. The molecule has 6 aromatic carbocycles. The van der Waals surface area contributed by atoms with Crippen LogP contribution in [0.25, 0.3) is 0 Å². The zero-order valence-electron chi connectivity index (χ0n) is 41.8. The SMILES string of the molecule is COc1ccc(O[C@@H]2O[C@H](COCc3ccccc3)[C@@H](O[C@@H]3O[C@H](COC(C)=O)[C@@H](OCc4ccccc4)[C@H](OC(C)=O)[C@@H]3OCc3ccccc3)[C@H](OCc3ccccc3)[C@H]2N2C(=O)c3ccccc3C2=O)cc1. The van der Waals surface area contributed by atoms with Crippen molar-refractivity contribution in [1.82, 2.24) is 4.90 Å². The number of ether oxygens (including phenoxy) is 11. The standard InChI is InChI=1S/C59H59NO15/c1-38(61)67-37-49-51(68-33-41-20-10-5-11-21-41)54(71-39(2)62)55(70-35-43-24-14-7-15-25-43)59(74-49)75-52-48(36-66-32-40-18-8-4-9-19-40)73-58(72-45-30-28-44(65-3)29-31-45)50(53(52)69-34-42-22-12-6-13-23-42)60-56(63)46-26-16-17-27-47(46)57(60)64/h4-31,48-55,58-59H,32-37H2,1-3H3/t48-,49-,50-,51-,52-,53-,54+,55+,58-,59+/m1/s1. The molecule has 9 rings (SSSR count). The molecule has 3 heterocycles. The van der Waals surface area contributed by atoms with Gasteiger partial charge in [0.15, 0.2) is 12.4 Å². The number of methoxy groups -OCH3 is 1. The van der Waals surface area contributed by atoms with Gasteiger partial charge in [0.2, 0.25) is 6.29 Å². The summed E-state index contributed by atoms with van der Waals surface area (Å²) in [5, 5.41) is 0. The molecule has 2 saturated heterocycles. The lowest BCUT2D eigenvalue weighted by Crippen LogP contribution is -2.70. The van der Waals surface area contributed by atoms with E-state index in [-0.39, 0.29) is 50.8 Å². The van der Waals surface area contributed by atoms with Crippen molar-refractivity contribution in [1.29, 1.82) is 0 Å². The lowest BCUT2D eigenvalue weighted by atomic mass is 9.93. The molecule has 0 spiro atoms. The summed E-state index contributed by atoms with van der Waals surface area (Å²) in [6.45, 7) is 2.25. The molecule has 10 atom stereocenters. The van der Waals surface area contributed by atoms with Gasteiger partial charge in [0, 0.05) is 13.8 Å². The predicted octanol–water partition coefficient (Wildman–Crippen LogP) is 8.04. The van der Waals surface area contributed by atoms with Crippen LogP contribution in [0, 0.1) is 0 Å². The molecule has 0 aliphatic carbocycles. The predicted molar refractivity (Wildman–Crippen MR) is 270 cm³/mol. The number of amides is 2. The number of rotatable bonds is 22. The highest BCUT2D eigenvalue weighted by Gasteiger charge is 2.59. The fraction of sp³-hybridized carbons (Fsp3) is 0.322. The highest BCUT2D eigenvalue weighted by molar-refractivity contribution is 6.21. The van der Waals surface area contributed by atoms with Crippen LogP contribution in [-0.4, -0.2) is 110 Å². The zero-order chi connectivity index (χ0) is 52.1. The molecule has 0 N–H and O–H groups in total. The Hall–Kier alpha value is -7.28. The van der Waals surface area contributed by atoms with Crippen molar-refractivity contribution in [2.24, 2.45) is 0 Å². The molecular formula is C59H59NO15. The molecule has 0 bridgehead atoms. The van der Waals surface area contributed by atoms with Crippen LogP contribution in [0.2, 0.25) is 0 Å². The summed E-state index contributed by atoms with van der Waals surface area (Å²) >= 11 is 0. The maximum Gasteiger partial charge on any atom is 0.303 e. The van der Waals surface area contributed by atoms with Gasteiger partial charge in [0.25, 0.3) is 11.8 Å². The average Bonchev–Trinajstić information content (AvgIpc) is 3.71. The Balaban J connectivity index is 1.17. The van der Waals surface area contributed by atoms with Crippen molar-refractivity contribution in [3.05, 3.63) is 203 Å². The number of nitrogens with zero attached hydrogens (tertiary/aromatic N) is 1. The number of hydrogen-bond donors (Lipinski definition) is 0. The Labute approximate surface area is 435 Å². The van der Waals surface area contributed by atoms with Gasteiger partial charge in [-0.15, -0.1) is 0 Å². The molecule has 2 fully saturated rings. The Morgan fingerprint density at radius 3 is 1.44 bits per heavy atom. The van der Waals surface area contributed by atoms with Gasteiger partial charge in [0.1, 0.15) is 60.8 Å². The fourth-order valence-corrected chi connectivity index (χ4v) is 9.36. The maximum absolute atomic E-state index is 14.8. The minimum absolute atomic E-state index is 0.000662. The van der Waals surface area contributed by atoms with Crippen LogP contribution in [0.3, 0.4) is 0 Å². The van der Waals surface area contributed by atoms with Crippen LogP contribution >= 0.6 is 0 Å². The van der Waals surface area contributed by atoms with E-state index in [2.05, 4.69) is 0 Å². The molecular weight excluding hydrogens is 963 g/mol. The monoisotopic (exact) mass is 1020 g/mol. The largest absolute Gasteiger partial charge is 0.497 e. The van der Waals surface area contributed by atoms with Gasteiger partial charge >= 0.3 is 11.9 Å². The molecule has 0 radical (unpaired) electrons. The molecule has 16 nitrogen and oxygen atoms in total. The van der Waals surface area contributed by atoms with Crippen LogP contribution in [-0.2, 0) is 78.6 Å². The third-order valence-electron chi connectivity index (χ3n) is 12.9. The molecule has 0 saturated carbocycles. The number of esters is 2. The van der Waals surface area contributed by atoms with Crippen LogP contribution in [0.1, 0.15) is 56.8 Å². The first-order valence-corrected chi connectivity index (χ1v) is 24.8. The van der Waals surface area contributed by atoms with Crippen molar-refractivity contribution >= 4 is 23.8 Å². The average molecular weight is 1020 g/mol. The highest BCUT2D eigenvalue weighted by atomic mass is 16.8. The lowest BCUT2D eigenvalue weighted by Gasteiger charge is -2.51. The van der Waals surface area contributed by atoms with Gasteiger partial charge in [-0.25, -0.2) is 0 Å². The van der Waals surface area contributed by atoms with Gasteiger partial charge < -0.3 is 52.1 Å². The van der Waals surface area contributed by atoms with E-state index in [1.165, 1.54) is 13.8 Å². The van der Waals surface area contributed by atoms with E-state index < -0.39 is 85.1 Å². The summed E-state index contributed by atoms with van der Waals surface area (Å²) in [5.41, 5.74) is 3.60. The minimum Gasteiger partial charge on any atom is -0.497 e. The van der Waals surface area contributed by atoms with Crippen molar-refractivity contribution in [2.45, 2.75) is 102 Å². The van der Waals surface area contributed by atoms with E-state index in [1.807, 2.05) is 121 Å². The normalized spacial score (nSPS) is 24.3. The van der Waals surface area contributed by atoms with Crippen molar-refractivity contribution in [3.63, 3.8) is 0 Å². The van der Waals surface area contributed by atoms with Crippen LogP contribution < -0.4 is 9.47 Å². The summed E-state index contributed by atoms with van der Waals surface area (Å²) in [7, 11) is 1.55. The topological polar surface area (TPSA) is 173 Å². The van der Waals surface area contributed by atoms with Gasteiger partial charge in [0.05, 0.1) is 51.3 Å². The Morgan fingerprint density at radius 2 is 0.933 bits per heavy atom. The van der Waals surface area contributed by atoms with E-state index in [4.69, 9.17) is 52.1 Å². The van der Waals surface area contributed by atoms with Gasteiger partial charge in [-0.3, -0.25) is 24.1 Å². The molecule has 16 heteroatoms. The number of carbonyl (C=O) groups excluding carboxylic acids is 4. The first-order valence-electron chi connectivity index (χ1n) is 24.8. The third kappa shape index (κ3) is 13.2. The molecule has 3 aliphatic rings. The summed E-state index contributed by atoms with van der Waals surface area (Å²) in [6, 6.07) is 49.7. The second-order valence-corrected chi connectivity index (χ2v) is 18.2. The Kier molecular flexibility index (Phi) is 17.7. The highest BCUT2D eigenvalue weighted by Crippen LogP contribution is 2.40. The van der Waals surface area contributed by atoms with Crippen molar-refractivity contribution < 1.29 is 71.3 Å². The summed E-state index contributed by atoms with van der Waals surface area (Å²) in [6.07, 6.45) is -11.3. The van der Waals surface area contributed by atoms with Crippen molar-refractivity contribution in [2.75, 3.05) is 20.3 Å². The third-order valence-corrected chi connectivity index (χ3v) is 12.9. The Morgan fingerprint density at radius 1 is 0.480 bits per heavy atom. The van der Waals surface area contributed by atoms with E-state index in [0.717, 1.165) is 27.2 Å². The van der Waals surface area contributed by atoms with Crippen molar-refractivity contribution in [3.8, 4) is 11.5 Å². The number of hydrogen-bond acceptors (Lipinski definition) is 15. The number of fused-ring (bicyclic) bond motifs is 1. The molecule has 3 aliphatic heterocycles. The molecule has 6 aromatic rings.